The van der Waals surface area contributed by atoms with Crippen LogP contribution in [0.1, 0.15) is 23.6 Å². The van der Waals surface area contributed by atoms with Crippen molar-refractivity contribution in [2.45, 2.75) is 13.5 Å². The number of benzene rings is 4. The molecule has 0 unspecified atom stereocenters. The number of amides is 1. The summed E-state index contributed by atoms with van der Waals surface area (Å²) in [4.78, 5) is 13.3. The monoisotopic (exact) mass is 443 g/mol. The lowest BCUT2D eigenvalue weighted by Gasteiger charge is -2.14. The highest BCUT2D eigenvalue weighted by molar-refractivity contribution is 6.32. The van der Waals surface area contributed by atoms with E-state index in [1.807, 2.05) is 97.9 Å². The van der Waals surface area contributed by atoms with Gasteiger partial charge in [-0.15, -0.1) is 0 Å². The summed E-state index contributed by atoms with van der Waals surface area (Å²) in [5.41, 5.74) is 4.07. The smallest absolute Gasteiger partial charge is 0.280 e. The van der Waals surface area contributed by atoms with Gasteiger partial charge in [0.2, 0.25) is 0 Å². The quantitative estimate of drug-likeness (QED) is 0.350. The number of nitrogens with zero attached hydrogens (tertiary/aromatic N) is 3. The van der Waals surface area contributed by atoms with Crippen LogP contribution in [0.2, 0.25) is 0 Å². The number of anilines is 1. The Kier molecular flexibility index (Phi) is 5.63. The largest absolute Gasteiger partial charge is 0.488 e. The number of hydrogen-bond acceptors (Lipinski definition) is 4. The van der Waals surface area contributed by atoms with E-state index in [0.717, 1.165) is 27.6 Å². The first-order chi connectivity index (χ1) is 16.7. The molecule has 0 saturated heterocycles. The minimum Gasteiger partial charge on any atom is -0.488 e. The molecule has 4 aromatic rings. The molecule has 0 aliphatic carbocycles. The summed E-state index contributed by atoms with van der Waals surface area (Å²) in [5.74, 6) is 0.454. The molecule has 1 aliphatic rings. The molecule has 0 saturated carbocycles. The number of nitriles is 1. The van der Waals surface area contributed by atoms with Crippen LogP contribution < -0.4 is 9.75 Å². The molecule has 164 valence electrons. The molecule has 4 aromatic carbocycles. The van der Waals surface area contributed by atoms with Crippen molar-refractivity contribution in [1.82, 2.24) is 0 Å². The van der Waals surface area contributed by atoms with Crippen LogP contribution >= 0.6 is 0 Å². The molecule has 5 heteroatoms. The van der Waals surface area contributed by atoms with Crippen molar-refractivity contribution in [2.75, 3.05) is 5.01 Å². The van der Waals surface area contributed by atoms with Gasteiger partial charge in [0.25, 0.3) is 5.91 Å². The summed E-state index contributed by atoms with van der Waals surface area (Å²) in [6, 6.07) is 30.9. The van der Waals surface area contributed by atoms with E-state index in [4.69, 9.17) is 4.74 Å². The van der Waals surface area contributed by atoms with E-state index < -0.39 is 0 Å². The highest BCUT2D eigenvalue weighted by Gasteiger charge is 2.29. The fourth-order valence-electron chi connectivity index (χ4n) is 4.03. The molecular formula is C29H21N3O2. The topological polar surface area (TPSA) is 65.7 Å². The van der Waals surface area contributed by atoms with Gasteiger partial charge < -0.3 is 4.74 Å². The van der Waals surface area contributed by atoms with Gasteiger partial charge >= 0.3 is 0 Å². The molecular weight excluding hydrogens is 422 g/mol. The maximum absolute atomic E-state index is 13.3. The Morgan fingerprint density at radius 3 is 2.50 bits per heavy atom. The third-order valence-electron chi connectivity index (χ3n) is 5.80. The minimum absolute atomic E-state index is 0.183. The lowest BCUT2D eigenvalue weighted by atomic mass is 9.99. The molecule has 0 radical (unpaired) electrons. The first-order valence-corrected chi connectivity index (χ1v) is 10.9. The molecule has 0 bridgehead atoms. The predicted molar refractivity (Wildman–Crippen MR) is 134 cm³/mol. The number of carbonyl (C=O) groups excluding carboxylic acids is 1. The average molecular weight is 444 g/mol. The second-order valence-electron chi connectivity index (χ2n) is 7.95. The van der Waals surface area contributed by atoms with Crippen molar-refractivity contribution >= 4 is 34.2 Å². The van der Waals surface area contributed by atoms with Crippen LogP contribution in [0.3, 0.4) is 0 Å². The molecule has 0 fully saturated rings. The summed E-state index contributed by atoms with van der Waals surface area (Å²) >= 11 is 0. The lowest BCUT2D eigenvalue weighted by molar-refractivity contribution is -0.114. The van der Waals surface area contributed by atoms with Crippen molar-refractivity contribution in [1.29, 1.82) is 5.26 Å². The summed E-state index contributed by atoms with van der Waals surface area (Å²) < 4.78 is 6.21. The van der Waals surface area contributed by atoms with Gasteiger partial charge in [-0.3, -0.25) is 4.79 Å². The molecule has 1 amide bonds. The summed E-state index contributed by atoms with van der Waals surface area (Å²) in [5, 5.41) is 17.3. The van der Waals surface area contributed by atoms with Gasteiger partial charge in [0.15, 0.2) is 0 Å². The Morgan fingerprint density at radius 2 is 1.68 bits per heavy atom. The van der Waals surface area contributed by atoms with Gasteiger partial charge in [0.05, 0.1) is 28.6 Å². The number of carbonyl (C=O) groups is 1. The number of hydrazone groups is 1. The summed E-state index contributed by atoms with van der Waals surface area (Å²) in [7, 11) is 0. The minimum atomic E-state index is -0.183. The fourth-order valence-corrected chi connectivity index (χ4v) is 4.03. The lowest BCUT2D eigenvalue weighted by Crippen LogP contribution is -2.21. The number of rotatable bonds is 5. The van der Waals surface area contributed by atoms with Crippen molar-refractivity contribution in [3.63, 3.8) is 0 Å². The zero-order chi connectivity index (χ0) is 23.5. The molecule has 0 atom stereocenters. The predicted octanol–water partition coefficient (Wildman–Crippen LogP) is 6.10. The van der Waals surface area contributed by atoms with Crippen LogP contribution in [0, 0.1) is 11.3 Å². The van der Waals surface area contributed by atoms with Crippen LogP contribution in [-0.2, 0) is 11.4 Å². The molecule has 1 heterocycles. The highest BCUT2D eigenvalue weighted by Crippen LogP contribution is 2.33. The molecule has 0 aromatic heterocycles. The van der Waals surface area contributed by atoms with E-state index in [0.29, 0.717) is 22.6 Å². The average Bonchev–Trinajstić information content (AvgIpc) is 3.17. The number of fused-ring (bicyclic) bond motifs is 1. The van der Waals surface area contributed by atoms with Crippen molar-refractivity contribution in [3.05, 3.63) is 113 Å². The first kappa shape index (κ1) is 21.2. The second kappa shape index (κ2) is 9.05. The Bertz CT molecular complexity index is 1500. The van der Waals surface area contributed by atoms with E-state index >= 15 is 0 Å². The van der Waals surface area contributed by atoms with Gasteiger partial charge in [0.1, 0.15) is 12.4 Å². The molecule has 5 nitrogen and oxygen atoms in total. The molecule has 0 spiro atoms. The molecule has 34 heavy (non-hydrogen) atoms. The second-order valence-corrected chi connectivity index (χ2v) is 7.95. The van der Waals surface area contributed by atoms with E-state index in [9.17, 15) is 10.1 Å². The number of ether oxygens (including phenoxy) is 1. The number of para-hydroxylation sites is 1. The zero-order valence-electron chi connectivity index (χ0n) is 18.6. The fraction of sp³-hybridized carbons (Fsp3) is 0.0690. The van der Waals surface area contributed by atoms with E-state index in [2.05, 4.69) is 11.2 Å². The van der Waals surface area contributed by atoms with E-state index in [1.165, 1.54) is 5.01 Å². The van der Waals surface area contributed by atoms with Crippen LogP contribution in [0.15, 0.2) is 102 Å². The van der Waals surface area contributed by atoms with Crippen LogP contribution in [0.5, 0.6) is 5.75 Å². The maximum Gasteiger partial charge on any atom is 0.280 e. The van der Waals surface area contributed by atoms with Crippen LogP contribution in [0.25, 0.3) is 16.8 Å². The zero-order valence-corrected chi connectivity index (χ0v) is 18.6. The standard InChI is InChI=1S/C29H21N3O2/c1-20-26(29(33)32(31-20)24-12-3-2-4-13-24)17-27-25-14-8-7-9-21(25)15-16-28(27)34-19-23-11-6-5-10-22(23)18-30/h2-17H,19H2,1H3/b26-17+. The third-order valence-corrected chi connectivity index (χ3v) is 5.80. The van der Waals surface area contributed by atoms with Gasteiger partial charge in [0, 0.05) is 11.1 Å². The summed E-state index contributed by atoms with van der Waals surface area (Å²) in [6.07, 6.45) is 1.86. The van der Waals surface area contributed by atoms with Gasteiger partial charge in [-0.2, -0.15) is 15.4 Å². The van der Waals surface area contributed by atoms with E-state index in [-0.39, 0.29) is 12.5 Å². The van der Waals surface area contributed by atoms with Crippen molar-refractivity contribution in [2.24, 2.45) is 5.10 Å². The van der Waals surface area contributed by atoms with Crippen LogP contribution in [-0.4, -0.2) is 11.6 Å². The Hall–Kier alpha value is -4.69. The molecule has 1 aliphatic heterocycles. The molecule has 5 rings (SSSR count). The van der Waals surface area contributed by atoms with Crippen LogP contribution in [0.4, 0.5) is 5.69 Å². The normalized spacial score (nSPS) is 14.4. The Morgan fingerprint density at radius 1 is 0.941 bits per heavy atom. The Balaban J connectivity index is 1.56. The SMILES string of the molecule is CC1=NN(c2ccccc2)C(=O)/C1=C/c1c(OCc2ccccc2C#N)ccc2ccccc12. The molecule has 0 N–H and O–H groups in total. The number of hydrogen-bond donors (Lipinski definition) is 0. The van der Waals surface area contributed by atoms with Gasteiger partial charge in [-0.25, -0.2) is 0 Å². The van der Waals surface area contributed by atoms with Crippen molar-refractivity contribution < 1.29 is 9.53 Å². The first-order valence-electron chi connectivity index (χ1n) is 10.9. The maximum atomic E-state index is 13.3. The van der Waals surface area contributed by atoms with Gasteiger partial charge in [-0.1, -0.05) is 66.7 Å². The van der Waals surface area contributed by atoms with Crippen molar-refractivity contribution in [3.8, 4) is 11.8 Å². The van der Waals surface area contributed by atoms with E-state index in [1.54, 1.807) is 6.07 Å². The highest BCUT2D eigenvalue weighted by atomic mass is 16.5. The van der Waals surface area contributed by atoms with Gasteiger partial charge in [-0.05, 0) is 48.0 Å². The Labute approximate surface area is 197 Å². The summed E-state index contributed by atoms with van der Waals surface area (Å²) in [6.45, 7) is 2.08. The third kappa shape index (κ3) is 3.94.